The average molecular weight is 365 g/mol. The number of rotatable bonds is 6. The van der Waals surface area contributed by atoms with Crippen molar-refractivity contribution in [3.8, 4) is 5.88 Å². The van der Waals surface area contributed by atoms with Crippen LogP contribution in [-0.4, -0.2) is 30.1 Å². The lowest BCUT2D eigenvalue weighted by Crippen LogP contribution is -2.41. The molecule has 0 aromatic carbocycles. The van der Waals surface area contributed by atoms with Crippen LogP contribution in [-0.2, 0) is 4.79 Å². The minimum Gasteiger partial charge on any atom is -0.475 e. The molecule has 1 heterocycles. The van der Waals surface area contributed by atoms with Crippen LogP contribution in [0.25, 0.3) is 0 Å². The highest BCUT2D eigenvalue weighted by molar-refractivity contribution is 6.35. The molecular formula is C11H17Cl4N3O2. The molecule has 0 aliphatic rings. The lowest BCUT2D eigenvalue weighted by molar-refractivity contribution is -0.122. The molecule has 0 saturated carbocycles. The largest absolute Gasteiger partial charge is 0.475 e. The fraction of sp³-hybridized carbons (Fsp3) is 0.455. The van der Waals surface area contributed by atoms with Gasteiger partial charge in [0.05, 0.1) is 17.6 Å². The Morgan fingerprint density at radius 1 is 1.50 bits per heavy atom. The van der Waals surface area contributed by atoms with E-state index in [0.717, 1.165) is 0 Å². The monoisotopic (exact) mass is 363 g/mol. The molecule has 0 fully saturated rings. The second kappa shape index (κ2) is 11.2. The van der Waals surface area contributed by atoms with Crippen LogP contribution in [0.2, 0.25) is 10.0 Å². The number of amides is 1. The van der Waals surface area contributed by atoms with Gasteiger partial charge in [0, 0.05) is 6.20 Å². The first-order valence-corrected chi connectivity index (χ1v) is 6.27. The van der Waals surface area contributed by atoms with Crippen LogP contribution in [0.4, 0.5) is 0 Å². The molecule has 1 aromatic rings. The molecule has 0 bridgehead atoms. The van der Waals surface area contributed by atoms with Gasteiger partial charge in [0.15, 0.2) is 0 Å². The molecule has 5 nitrogen and oxygen atoms in total. The Hall–Kier alpha value is -0.460. The van der Waals surface area contributed by atoms with Gasteiger partial charge in [-0.2, -0.15) is 0 Å². The Morgan fingerprint density at radius 3 is 2.70 bits per heavy atom. The van der Waals surface area contributed by atoms with Crippen LogP contribution in [0, 0.1) is 0 Å². The molecule has 9 heteroatoms. The van der Waals surface area contributed by atoms with Gasteiger partial charge in [-0.05, 0) is 12.5 Å². The minimum absolute atomic E-state index is 0. The van der Waals surface area contributed by atoms with Crippen LogP contribution in [0.1, 0.15) is 13.3 Å². The Balaban J connectivity index is 0. The zero-order valence-corrected chi connectivity index (χ0v) is 13.9. The summed E-state index contributed by atoms with van der Waals surface area (Å²) in [4.78, 5) is 15.3. The smallest absolute Gasteiger partial charge is 0.237 e. The highest BCUT2D eigenvalue weighted by Crippen LogP contribution is 2.24. The second-order valence-electron chi connectivity index (χ2n) is 3.59. The predicted octanol–water partition coefficient (Wildman–Crippen LogP) is 2.46. The van der Waals surface area contributed by atoms with Crippen molar-refractivity contribution in [2.75, 3.05) is 13.2 Å². The summed E-state index contributed by atoms with van der Waals surface area (Å²) in [6.45, 7) is 2.45. The Bertz CT molecular complexity index is 421. The van der Waals surface area contributed by atoms with Gasteiger partial charge in [0.1, 0.15) is 11.6 Å². The number of halogens is 4. The lowest BCUT2D eigenvalue weighted by atomic mass is 10.2. The summed E-state index contributed by atoms with van der Waals surface area (Å²) in [5.41, 5.74) is 5.55. The molecule has 0 spiro atoms. The fourth-order valence-electron chi connectivity index (χ4n) is 1.15. The molecule has 1 amide bonds. The van der Waals surface area contributed by atoms with Gasteiger partial charge in [-0.1, -0.05) is 30.1 Å². The van der Waals surface area contributed by atoms with E-state index < -0.39 is 6.04 Å². The standard InChI is InChI=1S/C11H15Cl2N3O2.2ClH/c1-2-9(14)10(17)15-3-4-18-11-8(13)5-7(12)6-16-11;;/h5-6,9H,2-4,14H2,1H3,(H,15,17);2*1H/t9-;;/m0../s1. The topological polar surface area (TPSA) is 77.2 Å². The molecule has 0 radical (unpaired) electrons. The van der Waals surface area contributed by atoms with E-state index in [2.05, 4.69) is 10.3 Å². The first-order valence-electron chi connectivity index (χ1n) is 5.51. The predicted molar refractivity (Wildman–Crippen MR) is 85.5 cm³/mol. The normalized spacial score (nSPS) is 10.8. The van der Waals surface area contributed by atoms with Gasteiger partial charge >= 0.3 is 0 Å². The zero-order valence-electron chi connectivity index (χ0n) is 10.8. The van der Waals surface area contributed by atoms with Gasteiger partial charge in [-0.3, -0.25) is 4.79 Å². The maximum Gasteiger partial charge on any atom is 0.237 e. The molecular weight excluding hydrogens is 348 g/mol. The third-order valence-electron chi connectivity index (χ3n) is 2.19. The first-order chi connectivity index (χ1) is 8.54. The number of pyridine rings is 1. The van der Waals surface area contributed by atoms with Crippen LogP contribution in [0.5, 0.6) is 5.88 Å². The number of carbonyl (C=O) groups excluding carboxylic acids is 1. The van der Waals surface area contributed by atoms with E-state index in [9.17, 15) is 4.79 Å². The maximum absolute atomic E-state index is 11.3. The highest BCUT2D eigenvalue weighted by atomic mass is 35.5. The van der Waals surface area contributed by atoms with Crippen LogP contribution in [0.15, 0.2) is 12.3 Å². The summed E-state index contributed by atoms with van der Waals surface area (Å²) in [7, 11) is 0. The van der Waals surface area contributed by atoms with Crippen molar-refractivity contribution in [3.63, 3.8) is 0 Å². The van der Waals surface area contributed by atoms with Gasteiger partial charge in [-0.25, -0.2) is 4.98 Å². The van der Waals surface area contributed by atoms with E-state index in [0.29, 0.717) is 23.0 Å². The van der Waals surface area contributed by atoms with Gasteiger partial charge in [0.25, 0.3) is 0 Å². The molecule has 1 aromatic heterocycles. The Kier molecular flexibility index (Phi) is 12.3. The van der Waals surface area contributed by atoms with Crippen molar-refractivity contribution in [3.05, 3.63) is 22.3 Å². The molecule has 20 heavy (non-hydrogen) atoms. The molecule has 0 aliphatic carbocycles. The van der Waals surface area contributed by atoms with Crippen molar-refractivity contribution >= 4 is 53.9 Å². The minimum atomic E-state index is -0.484. The van der Waals surface area contributed by atoms with Crippen LogP contribution < -0.4 is 15.8 Å². The summed E-state index contributed by atoms with van der Waals surface area (Å²) in [6.07, 6.45) is 2.03. The van der Waals surface area contributed by atoms with Crippen molar-refractivity contribution < 1.29 is 9.53 Å². The molecule has 0 aliphatic heterocycles. The van der Waals surface area contributed by atoms with E-state index in [-0.39, 0.29) is 43.2 Å². The van der Waals surface area contributed by atoms with E-state index in [1.165, 1.54) is 12.3 Å². The molecule has 116 valence electrons. The molecule has 0 unspecified atom stereocenters. The van der Waals surface area contributed by atoms with Crippen LogP contribution >= 0.6 is 48.0 Å². The Labute approximate surface area is 140 Å². The first kappa shape index (κ1) is 21.8. The lowest BCUT2D eigenvalue weighted by Gasteiger charge is -2.11. The summed E-state index contributed by atoms with van der Waals surface area (Å²) in [6, 6.07) is 1.05. The third kappa shape index (κ3) is 7.36. The van der Waals surface area contributed by atoms with E-state index >= 15 is 0 Å². The highest BCUT2D eigenvalue weighted by Gasteiger charge is 2.10. The summed E-state index contributed by atoms with van der Waals surface area (Å²) in [5, 5.41) is 3.42. The van der Waals surface area contributed by atoms with Gasteiger partial charge in [-0.15, -0.1) is 24.8 Å². The summed E-state index contributed by atoms with van der Waals surface area (Å²) in [5.74, 6) is 0.0892. The van der Waals surface area contributed by atoms with Crippen molar-refractivity contribution in [2.45, 2.75) is 19.4 Å². The van der Waals surface area contributed by atoms with Crippen molar-refractivity contribution in [1.82, 2.24) is 10.3 Å². The second-order valence-corrected chi connectivity index (χ2v) is 4.44. The quantitative estimate of drug-likeness (QED) is 0.760. The Morgan fingerprint density at radius 2 is 2.15 bits per heavy atom. The average Bonchev–Trinajstić information content (AvgIpc) is 2.35. The number of nitrogens with one attached hydrogen (secondary N) is 1. The molecule has 3 N–H and O–H groups in total. The van der Waals surface area contributed by atoms with Gasteiger partial charge < -0.3 is 15.8 Å². The maximum atomic E-state index is 11.3. The van der Waals surface area contributed by atoms with E-state index in [1.54, 1.807) is 0 Å². The molecule has 0 saturated heterocycles. The number of hydrogen-bond acceptors (Lipinski definition) is 4. The fourth-order valence-corrected chi connectivity index (χ4v) is 1.58. The molecule has 1 rings (SSSR count). The number of aromatic nitrogens is 1. The van der Waals surface area contributed by atoms with Crippen LogP contribution in [0.3, 0.4) is 0 Å². The molecule has 1 atom stereocenters. The van der Waals surface area contributed by atoms with Crippen molar-refractivity contribution in [2.24, 2.45) is 5.73 Å². The SMILES string of the molecule is CC[C@H](N)C(=O)NCCOc1ncc(Cl)cc1Cl.Cl.Cl. The van der Waals surface area contributed by atoms with E-state index in [1.807, 2.05) is 6.92 Å². The van der Waals surface area contributed by atoms with E-state index in [4.69, 9.17) is 33.7 Å². The van der Waals surface area contributed by atoms with Gasteiger partial charge in [0.2, 0.25) is 11.8 Å². The number of ether oxygens (including phenoxy) is 1. The summed E-state index contributed by atoms with van der Waals surface area (Å²) >= 11 is 11.6. The number of nitrogens with two attached hydrogens (primary N) is 1. The number of hydrogen-bond donors (Lipinski definition) is 2. The summed E-state index contributed by atoms with van der Waals surface area (Å²) < 4.78 is 5.30. The number of carbonyl (C=O) groups is 1. The zero-order chi connectivity index (χ0) is 13.5. The third-order valence-corrected chi connectivity index (χ3v) is 2.67. The number of nitrogens with zero attached hydrogens (tertiary/aromatic N) is 1. The van der Waals surface area contributed by atoms with Crippen molar-refractivity contribution in [1.29, 1.82) is 0 Å².